The van der Waals surface area contributed by atoms with E-state index in [0.717, 1.165) is 21.6 Å². The van der Waals surface area contributed by atoms with Crippen LogP contribution in [0.25, 0.3) is 21.7 Å². The van der Waals surface area contributed by atoms with Crippen LogP contribution in [-0.2, 0) is 17.8 Å². The lowest BCUT2D eigenvalue weighted by molar-refractivity contribution is -0.121. The van der Waals surface area contributed by atoms with Crippen molar-refractivity contribution in [3.05, 3.63) is 77.9 Å². The number of carbonyl (C=O) groups excluding carboxylic acids is 2. The maximum Gasteiger partial charge on any atom is 0.268 e. The number of thiophene rings is 1. The Labute approximate surface area is 217 Å². The number of pyridine rings is 1. The van der Waals surface area contributed by atoms with Crippen molar-refractivity contribution >= 4 is 45.8 Å². The van der Waals surface area contributed by atoms with Gasteiger partial charge < -0.3 is 13.9 Å². The molecule has 0 unspecified atom stereocenters. The van der Waals surface area contributed by atoms with Gasteiger partial charge in [0, 0.05) is 37.6 Å². The zero-order chi connectivity index (χ0) is 25.9. The molecule has 5 rings (SSSR count). The summed E-state index contributed by atoms with van der Waals surface area (Å²) < 4.78 is 7.33. The molecule has 1 N–H and O–H groups in total. The Kier molecular flexibility index (Phi) is 6.82. The van der Waals surface area contributed by atoms with Crippen LogP contribution in [-0.4, -0.2) is 38.4 Å². The highest BCUT2D eigenvalue weighted by Gasteiger charge is 2.20. The van der Waals surface area contributed by atoms with Crippen LogP contribution >= 0.6 is 11.3 Å². The highest BCUT2D eigenvalue weighted by Crippen LogP contribution is 2.30. The fourth-order valence-corrected chi connectivity index (χ4v) is 4.90. The van der Waals surface area contributed by atoms with Gasteiger partial charge in [-0.15, -0.1) is 11.3 Å². The lowest BCUT2D eigenvalue weighted by Crippen LogP contribution is -2.30. The molecule has 5 aromatic rings. The highest BCUT2D eigenvalue weighted by atomic mass is 32.1. The SMILES string of the molecule is CC(C)C(=O)N(C)c1ccc2c(c1)nc(NC(=O)c1ccc(-c3cnco3)s1)n2CCc1cccnc1. The maximum absolute atomic E-state index is 13.2. The molecule has 10 heteroatoms. The molecule has 0 saturated heterocycles. The van der Waals surface area contributed by atoms with E-state index >= 15 is 0 Å². The van der Waals surface area contributed by atoms with E-state index in [2.05, 4.69) is 15.3 Å². The molecule has 0 fully saturated rings. The first-order valence-electron chi connectivity index (χ1n) is 11.9. The first-order valence-corrected chi connectivity index (χ1v) is 12.7. The smallest absolute Gasteiger partial charge is 0.268 e. The third-order valence-corrected chi connectivity index (χ3v) is 7.12. The number of rotatable bonds is 8. The van der Waals surface area contributed by atoms with Crippen molar-refractivity contribution in [1.29, 1.82) is 0 Å². The number of carbonyl (C=O) groups is 2. The third kappa shape index (κ3) is 5.14. The second-order valence-corrected chi connectivity index (χ2v) is 9.99. The fourth-order valence-electron chi connectivity index (χ4n) is 4.04. The van der Waals surface area contributed by atoms with E-state index in [1.54, 1.807) is 30.4 Å². The summed E-state index contributed by atoms with van der Waals surface area (Å²) in [5.74, 6) is 0.680. The molecule has 0 aliphatic heterocycles. The van der Waals surface area contributed by atoms with E-state index in [1.807, 2.05) is 61.0 Å². The van der Waals surface area contributed by atoms with Crippen molar-refractivity contribution in [2.24, 2.45) is 5.92 Å². The summed E-state index contributed by atoms with van der Waals surface area (Å²) in [5.41, 5.74) is 3.38. The minimum Gasteiger partial charge on any atom is -0.443 e. The third-order valence-electron chi connectivity index (χ3n) is 6.02. The zero-order valence-electron chi connectivity index (χ0n) is 20.7. The van der Waals surface area contributed by atoms with Crippen LogP contribution in [0, 0.1) is 5.92 Å². The van der Waals surface area contributed by atoms with Gasteiger partial charge in [0.1, 0.15) is 0 Å². The van der Waals surface area contributed by atoms with E-state index < -0.39 is 0 Å². The van der Waals surface area contributed by atoms with Crippen LogP contribution in [0.1, 0.15) is 29.1 Å². The number of oxazole rings is 1. The number of benzene rings is 1. The molecule has 2 amide bonds. The summed E-state index contributed by atoms with van der Waals surface area (Å²) in [4.78, 5) is 41.6. The predicted octanol–water partition coefficient (Wildman–Crippen LogP) is 5.26. The van der Waals surface area contributed by atoms with Crippen LogP contribution < -0.4 is 10.2 Å². The number of aromatic nitrogens is 4. The van der Waals surface area contributed by atoms with Crippen LogP contribution in [0.15, 0.2) is 71.9 Å². The molecule has 4 heterocycles. The predicted molar refractivity (Wildman–Crippen MR) is 144 cm³/mol. The number of hydrogen-bond donors (Lipinski definition) is 1. The van der Waals surface area contributed by atoms with Crippen LogP contribution in [0.2, 0.25) is 0 Å². The lowest BCUT2D eigenvalue weighted by atomic mass is 10.1. The van der Waals surface area contributed by atoms with Crippen molar-refractivity contribution in [1.82, 2.24) is 19.5 Å². The topological polar surface area (TPSA) is 106 Å². The van der Waals surface area contributed by atoms with E-state index in [-0.39, 0.29) is 17.7 Å². The van der Waals surface area contributed by atoms with Crippen LogP contribution in [0.3, 0.4) is 0 Å². The van der Waals surface area contributed by atoms with Crippen molar-refractivity contribution < 1.29 is 14.0 Å². The number of anilines is 2. The van der Waals surface area contributed by atoms with Gasteiger partial charge in [0.2, 0.25) is 11.9 Å². The summed E-state index contributed by atoms with van der Waals surface area (Å²) in [6.07, 6.45) is 7.26. The summed E-state index contributed by atoms with van der Waals surface area (Å²) >= 11 is 1.32. The van der Waals surface area contributed by atoms with Crippen molar-refractivity contribution in [3.8, 4) is 10.6 Å². The van der Waals surface area contributed by atoms with E-state index in [1.165, 1.54) is 17.7 Å². The molecular weight excluding hydrogens is 488 g/mol. The summed E-state index contributed by atoms with van der Waals surface area (Å²) in [7, 11) is 1.76. The van der Waals surface area contributed by atoms with Gasteiger partial charge in [-0.05, 0) is 48.4 Å². The first kappa shape index (κ1) is 24.4. The highest BCUT2D eigenvalue weighted by molar-refractivity contribution is 7.17. The Bertz CT molecular complexity index is 1540. The molecule has 0 bridgehead atoms. The molecule has 0 radical (unpaired) electrons. The number of nitrogens with one attached hydrogen (secondary N) is 1. The summed E-state index contributed by atoms with van der Waals surface area (Å²) in [5, 5.41) is 2.98. The quantitative estimate of drug-likeness (QED) is 0.303. The Morgan fingerprint density at radius 1 is 1.14 bits per heavy atom. The second kappa shape index (κ2) is 10.4. The van der Waals surface area contributed by atoms with E-state index in [4.69, 9.17) is 9.40 Å². The standard InChI is InChI=1S/C27H26N6O3S/c1-17(2)26(35)32(3)19-6-7-21-20(13-19)30-27(33(21)12-10-18-5-4-11-28-14-18)31-25(34)24-9-8-23(37-24)22-15-29-16-36-22/h4-9,11,13-17H,10,12H2,1-3H3,(H,30,31,34). The minimum atomic E-state index is -0.263. The molecule has 0 spiro atoms. The monoisotopic (exact) mass is 514 g/mol. The molecule has 37 heavy (non-hydrogen) atoms. The number of aryl methyl sites for hydroxylation is 2. The summed E-state index contributed by atoms with van der Waals surface area (Å²) in [6.45, 7) is 4.33. The molecule has 4 aromatic heterocycles. The normalized spacial score (nSPS) is 11.2. The Hall–Kier alpha value is -4.31. The molecule has 0 saturated carbocycles. The number of imidazole rings is 1. The van der Waals surface area contributed by atoms with Gasteiger partial charge in [0.15, 0.2) is 12.2 Å². The molecule has 0 aliphatic rings. The Morgan fingerprint density at radius 3 is 2.73 bits per heavy atom. The van der Waals surface area contributed by atoms with Crippen LogP contribution in [0.5, 0.6) is 0 Å². The van der Waals surface area contributed by atoms with E-state index in [0.29, 0.717) is 35.1 Å². The molecule has 0 aliphatic carbocycles. The van der Waals surface area contributed by atoms with Gasteiger partial charge in [-0.2, -0.15) is 0 Å². The first-order chi connectivity index (χ1) is 17.9. The second-order valence-electron chi connectivity index (χ2n) is 8.91. The fraction of sp³-hybridized carbons (Fsp3) is 0.222. The number of fused-ring (bicyclic) bond motifs is 1. The van der Waals surface area contributed by atoms with Crippen LogP contribution in [0.4, 0.5) is 11.6 Å². The Morgan fingerprint density at radius 2 is 2.00 bits per heavy atom. The molecule has 9 nitrogen and oxygen atoms in total. The minimum absolute atomic E-state index is 0.0177. The van der Waals surface area contributed by atoms with Gasteiger partial charge in [0.25, 0.3) is 5.91 Å². The average molecular weight is 515 g/mol. The van der Waals surface area contributed by atoms with E-state index in [9.17, 15) is 9.59 Å². The van der Waals surface area contributed by atoms with Gasteiger partial charge in [-0.3, -0.25) is 19.9 Å². The number of amides is 2. The number of hydrogen-bond acceptors (Lipinski definition) is 7. The molecule has 1 aromatic carbocycles. The number of nitrogens with zero attached hydrogens (tertiary/aromatic N) is 5. The van der Waals surface area contributed by atoms with Gasteiger partial charge in [0.05, 0.1) is 27.0 Å². The largest absolute Gasteiger partial charge is 0.443 e. The Balaban J connectivity index is 1.46. The van der Waals surface area contributed by atoms with Crippen molar-refractivity contribution in [2.45, 2.75) is 26.8 Å². The molecule has 0 atom stereocenters. The lowest BCUT2D eigenvalue weighted by Gasteiger charge is -2.19. The van der Waals surface area contributed by atoms with Gasteiger partial charge in [-0.25, -0.2) is 9.97 Å². The van der Waals surface area contributed by atoms with Crippen molar-refractivity contribution in [2.75, 3.05) is 17.3 Å². The van der Waals surface area contributed by atoms with Gasteiger partial charge >= 0.3 is 0 Å². The van der Waals surface area contributed by atoms with Crippen molar-refractivity contribution in [3.63, 3.8) is 0 Å². The summed E-state index contributed by atoms with van der Waals surface area (Å²) in [6, 6.07) is 13.2. The zero-order valence-corrected chi connectivity index (χ0v) is 21.5. The molecule has 188 valence electrons. The van der Waals surface area contributed by atoms with Gasteiger partial charge in [-0.1, -0.05) is 19.9 Å². The maximum atomic E-state index is 13.2. The average Bonchev–Trinajstić information content (AvgIpc) is 3.67. The molecular formula is C27H26N6O3S.